The van der Waals surface area contributed by atoms with Gasteiger partial charge in [0.2, 0.25) is 0 Å². The van der Waals surface area contributed by atoms with Crippen LogP contribution in [0.5, 0.6) is 11.5 Å². The Kier molecular flexibility index (Phi) is 8.90. The van der Waals surface area contributed by atoms with Crippen molar-refractivity contribution in [2.45, 2.75) is 59.0 Å². The van der Waals surface area contributed by atoms with E-state index in [2.05, 4.69) is 16.9 Å². The number of pyridine rings is 1. The molecule has 1 N–H and O–H groups in total. The number of amides is 1. The molecule has 1 aromatic carbocycles. The molecule has 5 rings (SSSR count). The zero-order valence-electron chi connectivity index (χ0n) is 24.3. The van der Waals surface area contributed by atoms with E-state index in [1.165, 1.54) is 4.90 Å². The minimum absolute atomic E-state index is 0.0236. The van der Waals surface area contributed by atoms with E-state index in [1.54, 1.807) is 30.0 Å². The molecule has 1 aliphatic heterocycles. The van der Waals surface area contributed by atoms with Crippen LogP contribution >= 0.6 is 0 Å². The highest BCUT2D eigenvalue weighted by atomic mass is 16.5. The van der Waals surface area contributed by atoms with Crippen LogP contribution in [0.3, 0.4) is 0 Å². The smallest absolute Gasteiger partial charge is 0.295 e. The number of nitrogens with zero attached hydrogens (tertiary/aromatic N) is 5. The minimum atomic E-state index is -0.824. The predicted octanol–water partition coefficient (Wildman–Crippen LogP) is 5.32. The third kappa shape index (κ3) is 5.74. The third-order valence-electron chi connectivity index (χ3n) is 7.43. The Hall–Kier alpha value is -4.60. The normalized spacial score (nSPS) is 16.5. The number of aromatic nitrogens is 4. The molecule has 0 radical (unpaired) electrons. The summed E-state index contributed by atoms with van der Waals surface area (Å²) in [6.45, 7) is 7.71. The van der Waals surface area contributed by atoms with Crippen molar-refractivity contribution in [3.05, 3.63) is 83.8 Å². The Morgan fingerprint density at radius 2 is 1.86 bits per heavy atom. The molecule has 10 nitrogen and oxygen atoms in total. The number of aliphatic hydroxyl groups excluding tert-OH is 1. The van der Waals surface area contributed by atoms with Crippen molar-refractivity contribution < 1.29 is 24.2 Å². The molecule has 1 atom stereocenters. The molecule has 4 aromatic rings. The van der Waals surface area contributed by atoms with Crippen LogP contribution in [0.25, 0.3) is 11.4 Å². The van der Waals surface area contributed by atoms with Crippen LogP contribution in [-0.4, -0.2) is 60.4 Å². The number of benzene rings is 1. The van der Waals surface area contributed by atoms with Crippen molar-refractivity contribution in [1.29, 1.82) is 0 Å². The number of rotatable bonds is 13. The molecule has 220 valence electrons. The van der Waals surface area contributed by atoms with Crippen LogP contribution in [0.1, 0.15) is 62.5 Å². The van der Waals surface area contributed by atoms with E-state index >= 15 is 0 Å². The highest BCUT2D eigenvalue weighted by molar-refractivity contribution is 6.46. The molecule has 42 heavy (non-hydrogen) atoms. The average Bonchev–Trinajstić information content (AvgIpc) is 3.69. The first-order chi connectivity index (χ1) is 20.4. The number of imidazole rings is 2. The van der Waals surface area contributed by atoms with E-state index in [0.29, 0.717) is 66.8 Å². The molecule has 0 bridgehead atoms. The van der Waals surface area contributed by atoms with Gasteiger partial charge in [-0.3, -0.25) is 14.0 Å². The van der Waals surface area contributed by atoms with Gasteiger partial charge in [0.05, 0.1) is 36.8 Å². The second-order valence-electron chi connectivity index (χ2n) is 10.3. The Labute approximate surface area is 245 Å². The number of carbonyl (C=O) groups excluding carboxylic acids is 2. The van der Waals surface area contributed by atoms with Gasteiger partial charge in [0.15, 0.2) is 17.3 Å². The molecule has 10 heteroatoms. The molecule has 0 saturated carbocycles. The van der Waals surface area contributed by atoms with Crippen LogP contribution < -0.4 is 9.47 Å². The monoisotopic (exact) mass is 571 g/mol. The quantitative estimate of drug-likeness (QED) is 0.100. The first kappa shape index (κ1) is 28.9. The number of Topliss-reactive ketones (excluding diaryl/α,β-unsaturated/α-hetero) is 1. The fraction of sp³-hybridized carbons (Fsp3) is 0.375. The van der Waals surface area contributed by atoms with Crippen LogP contribution in [0.15, 0.2) is 66.9 Å². The van der Waals surface area contributed by atoms with Crippen molar-refractivity contribution in [2.75, 3.05) is 19.8 Å². The van der Waals surface area contributed by atoms with Crippen LogP contribution in [0.2, 0.25) is 0 Å². The molecule has 1 unspecified atom stereocenters. The number of aliphatic hydroxyl groups is 1. The Bertz CT molecular complexity index is 1590. The Morgan fingerprint density at radius 1 is 1.00 bits per heavy atom. The number of hydrogen-bond acceptors (Lipinski definition) is 7. The number of carbonyl (C=O) groups is 2. The first-order valence-electron chi connectivity index (χ1n) is 14.5. The van der Waals surface area contributed by atoms with Crippen LogP contribution in [0.4, 0.5) is 0 Å². The number of ether oxygens (including phenoxy) is 2. The van der Waals surface area contributed by atoms with Crippen LogP contribution in [-0.2, 0) is 16.1 Å². The third-order valence-corrected chi connectivity index (χ3v) is 7.43. The van der Waals surface area contributed by atoms with Gasteiger partial charge in [0.1, 0.15) is 11.3 Å². The lowest BCUT2D eigenvalue weighted by Gasteiger charge is -2.26. The summed E-state index contributed by atoms with van der Waals surface area (Å²) in [5.41, 5.74) is 2.23. The summed E-state index contributed by atoms with van der Waals surface area (Å²) in [6, 6.07) is 10.1. The van der Waals surface area contributed by atoms with Gasteiger partial charge in [-0.1, -0.05) is 31.9 Å². The number of hydrogen-bond donors (Lipinski definition) is 1. The summed E-state index contributed by atoms with van der Waals surface area (Å²) in [6.07, 6.45) is 10.7. The van der Waals surface area contributed by atoms with Crippen molar-refractivity contribution in [1.82, 2.24) is 23.8 Å². The molecule has 0 spiro atoms. The minimum Gasteiger partial charge on any atom is -0.505 e. The van der Waals surface area contributed by atoms with Crippen molar-refractivity contribution in [3.8, 4) is 11.5 Å². The van der Waals surface area contributed by atoms with Crippen LogP contribution in [0, 0.1) is 6.92 Å². The predicted molar refractivity (Wildman–Crippen MR) is 158 cm³/mol. The second kappa shape index (κ2) is 12.9. The number of likely N-dealkylation sites (tertiary alicyclic amines) is 1. The summed E-state index contributed by atoms with van der Waals surface area (Å²) in [5, 5.41) is 11.7. The van der Waals surface area contributed by atoms with Crippen molar-refractivity contribution in [3.63, 3.8) is 0 Å². The Balaban J connectivity index is 1.58. The molecular weight excluding hydrogens is 534 g/mol. The average molecular weight is 572 g/mol. The number of unbranched alkanes of at least 4 members (excludes halogenated alkanes) is 2. The molecule has 4 heterocycles. The Morgan fingerprint density at radius 3 is 2.62 bits per heavy atom. The highest BCUT2D eigenvalue weighted by Crippen LogP contribution is 2.42. The van der Waals surface area contributed by atoms with E-state index in [-0.39, 0.29) is 11.3 Å². The summed E-state index contributed by atoms with van der Waals surface area (Å²) in [5.74, 6) is -0.517. The van der Waals surface area contributed by atoms with E-state index in [4.69, 9.17) is 9.47 Å². The fourth-order valence-corrected chi connectivity index (χ4v) is 5.44. The first-order valence-corrected chi connectivity index (χ1v) is 14.5. The highest BCUT2D eigenvalue weighted by Gasteiger charge is 2.46. The maximum Gasteiger partial charge on any atom is 0.295 e. The van der Waals surface area contributed by atoms with Gasteiger partial charge >= 0.3 is 0 Å². The lowest BCUT2D eigenvalue weighted by atomic mass is 9.95. The van der Waals surface area contributed by atoms with Crippen molar-refractivity contribution in [2.24, 2.45) is 0 Å². The van der Waals surface area contributed by atoms with Gasteiger partial charge in [0.25, 0.3) is 11.7 Å². The lowest BCUT2D eigenvalue weighted by molar-refractivity contribution is -0.139. The zero-order valence-corrected chi connectivity index (χ0v) is 24.3. The van der Waals surface area contributed by atoms with Gasteiger partial charge < -0.3 is 24.0 Å². The van der Waals surface area contributed by atoms with E-state index in [1.807, 2.05) is 54.1 Å². The van der Waals surface area contributed by atoms with Crippen molar-refractivity contribution >= 4 is 23.1 Å². The number of fused-ring (bicyclic) bond motifs is 1. The fourth-order valence-electron chi connectivity index (χ4n) is 5.44. The second-order valence-corrected chi connectivity index (χ2v) is 10.3. The maximum absolute atomic E-state index is 13.6. The zero-order chi connectivity index (χ0) is 29.6. The molecule has 1 amide bonds. The molecule has 0 aliphatic carbocycles. The largest absolute Gasteiger partial charge is 0.505 e. The molecule has 1 aliphatic rings. The van der Waals surface area contributed by atoms with E-state index < -0.39 is 17.7 Å². The van der Waals surface area contributed by atoms with Gasteiger partial charge in [0, 0.05) is 31.7 Å². The summed E-state index contributed by atoms with van der Waals surface area (Å²) in [4.78, 5) is 37.3. The molecule has 1 saturated heterocycles. The summed E-state index contributed by atoms with van der Waals surface area (Å²) in [7, 11) is 0. The lowest BCUT2D eigenvalue weighted by Crippen LogP contribution is -2.31. The van der Waals surface area contributed by atoms with Gasteiger partial charge in [-0.25, -0.2) is 9.97 Å². The number of ketones is 1. The summed E-state index contributed by atoms with van der Waals surface area (Å²) >= 11 is 0. The topological polar surface area (TPSA) is 111 Å². The van der Waals surface area contributed by atoms with Gasteiger partial charge in [-0.05, 0) is 56.5 Å². The van der Waals surface area contributed by atoms with Gasteiger partial charge in [-0.15, -0.1) is 0 Å². The van der Waals surface area contributed by atoms with E-state index in [9.17, 15) is 14.7 Å². The maximum atomic E-state index is 13.6. The molecule has 3 aromatic heterocycles. The number of aryl methyl sites for hydroxylation is 2. The molecule has 1 fully saturated rings. The standard InChI is InChI=1S/C32H37N5O5/c1-4-6-9-19-42-24-13-12-23(20-25(24)41-5-2)29-27(30(38)28-22(3)34-26-11-7-8-16-36(26)28)31(39)32(40)37(29)17-10-15-35-18-14-33-21-35/h7-8,11-14,16,18,20-21,29,38H,4-6,9-10,15,17,19H2,1-3H3. The van der Waals surface area contributed by atoms with Gasteiger partial charge in [-0.2, -0.15) is 0 Å². The SMILES string of the molecule is CCCCCOc1ccc(C2C(=C(O)c3c(C)nc4ccccn34)C(=O)C(=O)N2CCCn2ccnc2)cc1OCC. The summed E-state index contributed by atoms with van der Waals surface area (Å²) < 4.78 is 15.6. The molecular formula is C32H37N5O5. The van der Waals surface area contributed by atoms with E-state index in [0.717, 1.165) is 19.3 Å².